The Morgan fingerprint density at radius 2 is 1.63 bits per heavy atom. The normalized spacial score (nSPS) is 13.9. The number of anilines is 3. The molecule has 38 heavy (non-hydrogen) atoms. The van der Waals surface area contributed by atoms with Crippen LogP contribution in [0.3, 0.4) is 0 Å². The standard InChI is InChI=1S/C31H37N5O2/c1-24(37)33-28-13-11-27(12-14-28)31(38)32-23-26-6-4-8-30(22-26)36-20-18-35(19-21-36)17-5-7-25-9-15-29(16-10-25)34(2)3/h4-16,22H,17-21,23H2,1-3H3,(H,32,38)(H,33,37). The monoisotopic (exact) mass is 511 g/mol. The van der Waals surface area contributed by atoms with Crippen LogP contribution in [0.5, 0.6) is 0 Å². The Bertz CT molecular complexity index is 1240. The van der Waals surface area contributed by atoms with E-state index in [2.05, 4.69) is 94.0 Å². The molecule has 1 saturated heterocycles. The molecule has 1 fully saturated rings. The first-order chi connectivity index (χ1) is 18.4. The van der Waals surface area contributed by atoms with Crippen molar-refractivity contribution in [2.45, 2.75) is 13.5 Å². The second kappa shape index (κ2) is 12.9. The largest absolute Gasteiger partial charge is 0.378 e. The SMILES string of the molecule is CC(=O)Nc1ccc(C(=O)NCc2cccc(N3CCN(CC=Cc4ccc(N(C)C)cc4)CC3)c2)cc1. The molecular formula is C31H37N5O2. The summed E-state index contributed by atoms with van der Waals surface area (Å²) in [7, 11) is 4.11. The highest BCUT2D eigenvalue weighted by Crippen LogP contribution is 2.19. The van der Waals surface area contributed by atoms with Crippen LogP contribution in [-0.4, -0.2) is 63.5 Å². The van der Waals surface area contributed by atoms with Crippen LogP contribution < -0.4 is 20.4 Å². The zero-order chi connectivity index (χ0) is 26.9. The zero-order valence-corrected chi connectivity index (χ0v) is 22.5. The summed E-state index contributed by atoms with van der Waals surface area (Å²) in [6.07, 6.45) is 4.44. The van der Waals surface area contributed by atoms with Crippen molar-refractivity contribution in [1.29, 1.82) is 0 Å². The van der Waals surface area contributed by atoms with Gasteiger partial charge in [0.25, 0.3) is 5.91 Å². The van der Waals surface area contributed by atoms with Crippen LogP contribution in [0, 0.1) is 0 Å². The van der Waals surface area contributed by atoms with Crippen molar-refractivity contribution in [1.82, 2.24) is 10.2 Å². The van der Waals surface area contributed by atoms with Gasteiger partial charge in [-0.15, -0.1) is 0 Å². The molecule has 1 aliphatic heterocycles. The smallest absolute Gasteiger partial charge is 0.251 e. The molecule has 0 aliphatic carbocycles. The van der Waals surface area contributed by atoms with Crippen molar-refractivity contribution in [3.8, 4) is 0 Å². The van der Waals surface area contributed by atoms with Gasteiger partial charge in [0.2, 0.25) is 5.91 Å². The van der Waals surface area contributed by atoms with Crippen molar-refractivity contribution < 1.29 is 9.59 Å². The quantitative estimate of drug-likeness (QED) is 0.444. The van der Waals surface area contributed by atoms with Gasteiger partial charge >= 0.3 is 0 Å². The van der Waals surface area contributed by atoms with E-state index in [9.17, 15) is 9.59 Å². The van der Waals surface area contributed by atoms with Gasteiger partial charge in [0.05, 0.1) is 0 Å². The fourth-order valence-corrected chi connectivity index (χ4v) is 4.47. The first-order valence-corrected chi connectivity index (χ1v) is 13.0. The Morgan fingerprint density at radius 3 is 2.29 bits per heavy atom. The molecule has 3 aromatic carbocycles. The van der Waals surface area contributed by atoms with Crippen LogP contribution in [0.4, 0.5) is 17.1 Å². The highest BCUT2D eigenvalue weighted by molar-refractivity contribution is 5.95. The summed E-state index contributed by atoms with van der Waals surface area (Å²) in [5, 5.41) is 5.70. The molecule has 0 radical (unpaired) electrons. The Labute approximate surface area is 225 Å². The zero-order valence-electron chi connectivity index (χ0n) is 22.5. The van der Waals surface area contributed by atoms with Crippen molar-refractivity contribution in [2.75, 3.05) is 61.9 Å². The summed E-state index contributed by atoms with van der Waals surface area (Å²) in [5.41, 5.74) is 5.92. The highest BCUT2D eigenvalue weighted by Gasteiger charge is 2.16. The summed E-state index contributed by atoms with van der Waals surface area (Å²) < 4.78 is 0. The van der Waals surface area contributed by atoms with Gasteiger partial charge in [-0.3, -0.25) is 14.5 Å². The molecule has 0 saturated carbocycles. The fourth-order valence-electron chi connectivity index (χ4n) is 4.47. The average Bonchev–Trinajstić information content (AvgIpc) is 2.92. The number of hydrogen-bond acceptors (Lipinski definition) is 5. The molecule has 1 aliphatic rings. The lowest BCUT2D eigenvalue weighted by molar-refractivity contribution is -0.114. The van der Waals surface area contributed by atoms with E-state index in [1.54, 1.807) is 24.3 Å². The van der Waals surface area contributed by atoms with Crippen LogP contribution in [0.15, 0.2) is 78.9 Å². The molecular weight excluding hydrogens is 474 g/mol. The number of carbonyl (C=O) groups is 2. The van der Waals surface area contributed by atoms with Crippen molar-refractivity contribution in [3.63, 3.8) is 0 Å². The minimum Gasteiger partial charge on any atom is -0.378 e. The average molecular weight is 512 g/mol. The van der Waals surface area contributed by atoms with Gasteiger partial charge in [-0.05, 0) is 59.7 Å². The molecule has 1 heterocycles. The number of rotatable bonds is 9. The van der Waals surface area contributed by atoms with Crippen molar-refractivity contribution in [2.24, 2.45) is 0 Å². The molecule has 3 aromatic rings. The van der Waals surface area contributed by atoms with Gasteiger partial charge in [0.15, 0.2) is 0 Å². The highest BCUT2D eigenvalue weighted by atomic mass is 16.2. The number of hydrogen-bond donors (Lipinski definition) is 2. The number of amides is 2. The van der Waals surface area contributed by atoms with E-state index in [0.717, 1.165) is 38.3 Å². The first kappa shape index (κ1) is 26.9. The molecule has 198 valence electrons. The van der Waals surface area contributed by atoms with E-state index in [-0.39, 0.29) is 11.8 Å². The Morgan fingerprint density at radius 1 is 0.921 bits per heavy atom. The number of nitrogens with one attached hydrogen (secondary N) is 2. The van der Waals surface area contributed by atoms with Gasteiger partial charge in [0.1, 0.15) is 0 Å². The van der Waals surface area contributed by atoms with E-state index in [4.69, 9.17) is 0 Å². The minimum absolute atomic E-state index is 0.137. The number of nitrogens with zero attached hydrogens (tertiary/aromatic N) is 3. The van der Waals surface area contributed by atoms with E-state index < -0.39 is 0 Å². The van der Waals surface area contributed by atoms with E-state index in [0.29, 0.717) is 17.8 Å². The third-order valence-electron chi connectivity index (χ3n) is 6.65. The predicted octanol–water partition coefficient (Wildman–Crippen LogP) is 4.48. The molecule has 7 heteroatoms. The fraction of sp³-hybridized carbons (Fsp3) is 0.290. The maximum atomic E-state index is 12.6. The maximum absolute atomic E-state index is 12.6. The third-order valence-corrected chi connectivity index (χ3v) is 6.65. The van der Waals surface area contributed by atoms with Crippen LogP contribution >= 0.6 is 0 Å². The van der Waals surface area contributed by atoms with Gasteiger partial charge < -0.3 is 20.4 Å². The molecule has 0 bridgehead atoms. The molecule has 2 N–H and O–H groups in total. The molecule has 0 unspecified atom stereocenters. The minimum atomic E-state index is -0.139. The second-order valence-electron chi connectivity index (χ2n) is 9.79. The van der Waals surface area contributed by atoms with Crippen LogP contribution in [0.2, 0.25) is 0 Å². The van der Waals surface area contributed by atoms with Gasteiger partial charge in [-0.2, -0.15) is 0 Å². The van der Waals surface area contributed by atoms with Crippen LogP contribution in [0.25, 0.3) is 6.08 Å². The maximum Gasteiger partial charge on any atom is 0.251 e. The predicted molar refractivity (Wildman–Crippen MR) is 157 cm³/mol. The van der Waals surface area contributed by atoms with E-state index in [1.165, 1.54) is 23.9 Å². The first-order valence-electron chi connectivity index (χ1n) is 13.0. The van der Waals surface area contributed by atoms with Crippen molar-refractivity contribution in [3.05, 3.63) is 95.6 Å². The number of carbonyl (C=O) groups excluding carboxylic acids is 2. The Hall–Kier alpha value is -4.10. The second-order valence-corrected chi connectivity index (χ2v) is 9.79. The molecule has 0 atom stereocenters. The summed E-state index contributed by atoms with van der Waals surface area (Å²) in [6.45, 7) is 6.84. The summed E-state index contributed by atoms with van der Waals surface area (Å²) in [6, 6.07) is 23.9. The van der Waals surface area contributed by atoms with Gasteiger partial charge in [0, 0.05) is 82.9 Å². The van der Waals surface area contributed by atoms with E-state index >= 15 is 0 Å². The Balaban J connectivity index is 1.23. The summed E-state index contributed by atoms with van der Waals surface area (Å²) in [4.78, 5) is 30.7. The lowest BCUT2D eigenvalue weighted by Crippen LogP contribution is -2.46. The number of benzene rings is 3. The Kier molecular flexibility index (Phi) is 9.16. The van der Waals surface area contributed by atoms with Crippen LogP contribution in [0.1, 0.15) is 28.4 Å². The van der Waals surface area contributed by atoms with Crippen molar-refractivity contribution >= 4 is 35.0 Å². The summed E-state index contributed by atoms with van der Waals surface area (Å²) >= 11 is 0. The number of piperazine rings is 1. The topological polar surface area (TPSA) is 67.9 Å². The molecule has 7 nitrogen and oxygen atoms in total. The summed E-state index contributed by atoms with van der Waals surface area (Å²) in [5.74, 6) is -0.276. The van der Waals surface area contributed by atoms with E-state index in [1.807, 2.05) is 6.07 Å². The molecule has 2 amide bonds. The molecule has 0 aromatic heterocycles. The van der Waals surface area contributed by atoms with Gasteiger partial charge in [-0.25, -0.2) is 0 Å². The molecule has 4 rings (SSSR count). The molecule has 0 spiro atoms. The van der Waals surface area contributed by atoms with Gasteiger partial charge in [-0.1, -0.05) is 36.4 Å². The lowest BCUT2D eigenvalue weighted by Gasteiger charge is -2.35. The third kappa shape index (κ3) is 7.70. The lowest BCUT2D eigenvalue weighted by atomic mass is 10.1. The van der Waals surface area contributed by atoms with Crippen LogP contribution in [-0.2, 0) is 11.3 Å².